The first kappa shape index (κ1) is 18.9. The number of nitrogens with one attached hydrogen (secondary N) is 1. The van der Waals surface area contributed by atoms with Crippen LogP contribution in [0.25, 0.3) is 11.1 Å². The number of likely N-dealkylation sites (tertiary alicyclic amines) is 1. The van der Waals surface area contributed by atoms with E-state index in [4.69, 9.17) is 5.26 Å². The molecule has 150 valence electrons. The van der Waals surface area contributed by atoms with Crippen LogP contribution in [0, 0.1) is 23.0 Å². The van der Waals surface area contributed by atoms with Crippen molar-refractivity contribution in [3.63, 3.8) is 0 Å². The summed E-state index contributed by atoms with van der Waals surface area (Å²) in [6.07, 6.45) is 0. The van der Waals surface area contributed by atoms with E-state index in [2.05, 4.69) is 40.6 Å². The van der Waals surface area contributed by atoms with Crippen LogP contribution in [0.15, 0.2) is 66.7 Å². The molecule has 3 nitrogen and oxygen atoms in total. The molecule has 3 aromatic carbocycles. The predicted molar refractivity (Wildman–Crippen MR) is 112 cm³/mol. The van der Waals surface area contributed by atoms with Crippen LogP contribution in [0.3, 0.4) is 0 Å². The van der Waals surface area contributed by atoms with Gasteiger partial charge in [-0.1, -0.05) is 36.4 Å². The van der Waals surface area contributed by atoms with Gasteiger partial charge in [-0.25, -0.2) is 8.78 Å². The SMILES string of the molecule is N#Cc1cccc(-c2ccc(C3[C@H]4CNC[C@@H]3N4Cc3cc(F)ccc3F)cc2)c1. The summed E-state index contributed by atoms with van der Waals surface area (Å²) in [6, 6.07) is 22.5. The predicted octanol–water partition coefficient (Wildman–Crippen LogP) is 4.44. The Morgan fingerprint density at radius 2 is 1.70 bits per heavy atom. The summed E-state index contributed by atoms with van der Waals surface area (Å²) >= 11 is 0. The van der Waals surface area contributed by atoms with Crippen LogP contribution in [-0.4, -0.2) is 30.1 Å². The third-order valence-electron chi connectivity index (χ3n) is 6.37. The standard InChI is InChI=1S/C25H21F2N3/c26-21-8-9-22(27)20(11-21)15-30-23-13-29-14-24(30)25(23)18-6-4-17(5-7-18)19-3-1-2-16(10-19)12-28/h1-11,23-25,29H,13-15H2/t23-,24+,25?. The summed E-state index contributed by atoms with van der Waals surface area (Å²) in [7, 11) is 0. The van der Waals surface area contributed by atoms with Gasteiger partial charge in [-0.15, -0.1) is 0 Å². The number of nitrogens with zero attached hydrogens (tertiary/aromatic N) is 2. The number of piperidine rings is 1. The molecule has 0 aliphatic carbocycles. The molecule has 1 unspecified atom stereocenters. The van der Waals surface area contributed by atoms with Crippen molar-refractivity contribution in [2.45, 2.75) is 24.5 Å². The Labute approximate surface area is 174 Å². The molecule has 3 atom stereocenters. The van der Waals surface area contributed by atoms with Crippen molar-refractivity contribution in [1.82, 2.24) is 10.2 Å². The second-order valence-electron chi connectivity index (χ2n) is 8.04. The Morgan fingerprint density at radius 3 is 2.43 bits per heavy atom. The van der Waals surface area contributed by atoms with Gasteiger partial charge in [0.05, 0.1) is 11.6 Å². The van der Waals surface area contributed by atoms with Crippen LogP contribution in [0.1, 0.15) is 22.6 Å². The number of hydrogen-bond donors (Lipinski definition) is 1. The van der Waals surface area contributed by atoms with E-state index < -0.39 is 5.82 Å². The third-order valence-corrected chi connectivity index (χ3v) is 6.37. The highest BCUT2D eigenvalue weighted by atomic mass is 19.1. The summed E-state index contributed by atoms with van der Waals surface area (Å²) < 4.78 is 27.7. The van der Waals surface area contributed by atoms with E-state index in [0.717, 1.165) is 30.3 Å². The van der Waals surface area contributed by atoms with Crippen molar-refractivity contribution in [3.05, 3.63) is 95.1 Å². The van der Waals surface area contributed by atoms with Crippen molar-refractivity contribution in [3.8, 4) is 17.2 Å². The number of halogens is 2. The van der Waals surface area contributed by atoms with Gasteiger partial charge in [0.1, 0.15) is 11.6 Å². The maximum Gasteiger partial charge on any atom is 0.127 e. The van der Waals surface area contributed by atoms with Crippen LogP contribution in [0.2, 0.25) is 0 Å². The highest BCUT2D eigenvalue weighted by Crippen LogP contribution is 2.44. The maximum atomic E-state index is 14.1. The molecule has 2 aliphatic rings. The summed E-state index contributed by atoms with van der Waals surface area (Å²) in [4.78, 5) is 2.28. The number of fused-ring (bicyclic) bond motifs is 2. The lowest BCUT2D eigenvalue weighted by Gasteiger charge is -2.59. The van der Waals surface area contributed by atoms with Gasteiger partial charge in [0, 0.05) is 43.2 Å². The molecular formula is C25H21F2N3. The second-order valence-corrected chi connectivity index (χ2v) is 8.04. The molecule has 5 rings (SSSR count). The van der Waals surface area contributed by atoms with Crippen LogP contribution < -0.4 is 5.32 Å². The normalized spacial score (nSPS) is 22.9. The molecule has 0 spiro atoms. The van der Waals surface area contributed by atoms with E-state index in [1.807, 2.05) is 18.2 Å². The molecule has 2 heterocycles. The molecule has 2 aliphatic heterocycles. The number of benzene rings is 3. The molecule has 0 amide bonds. The van der Waals surface area contributed by atoms with Crippen molar-refractivity contribution in [1.29, 1.82) is 5.26 Å². The smallest absolute Gasteiger partial charge is 0.127 e. The molecule has 0 saturated carbocycles. The fourth-order valence-corrected chi connectivity index (χ4v) is 4.89. The number of piperazine rings is 1. The molecule has 3 aromatic rings. The molecule has 2 bridgehead atoms. The molecule has 0 radical (unpaired) electrons. The second kappa shape index (κ2) is 7.64. The number of rotatable bonds is 4. The van der Waals surface area contributed by atoms with E-state index in [9.17, 15) is 8.78 Å². The molecule has 0 aromatic heterocycles. The van der Waals surface area contributed by atoms with E-state index in [0.29, 0.717) is 23.6 Å². The lowest BCUT2D eigenvalue weighted by atomic mass is 9.72. The van der Waals surface area contributed by atoms with E-state index in [-0.39, 0.29) is 17.9 Å². The van der Waals surface area contributed by atoms with Gasteiger partial charge in [0.2, 0.25) is 0 Å². The minimum atomic E-state index is -0.400. The largest absolute Gasteiger partial charge is 0.314 e. The zero-order valence-electron chi connectivity index (χ0n) is 16.4. The number of nitriles is 1. The summed E-state index contributed by atoms with van der Waals surface area (Å²) in [6.45, 7) is 2.10. The Bertz CT molecular complexity index is 1110. The molecule has 30 heavy (non-hydrogen) atoms. The first-order valence-electron chi connectivity index (χ1n) is 10.1. The van der Waals surface area contributed by atoms with Crippen molar-refractivity contribution >= 4 is 0 Å². The molecule has 2 fully saturated rings. The lowest BCUT2D eigenvalue weighted by Crippen LogP contribution is -2.72. The average molecular weight is 401 g/mol. The quantitative estimate of drug-likeness (QED) is 0.702. The number of hydrogen-bond acceptors (Lipinski definition) is 3. The van der Waals surface area contributed by atoms with Crippen molar-refractivity contribution in [2.75, 3.05) is 13.1 Å². The Morgan fingerprint density at radius 1 is 0.933 bits per heavy atom. The average Bonchev–Trinajstić information content (AvgIpc) is 2.80. The zero-order valence-corrected chi connectivity index (χ0v) is 16.4. The Kier molecular flexibility index (Phi) is 4.82. The summed E-state index contributed by atoms with van der Waals surface area (Å²) in [5.41, 5.74) is 4.44. The van der Waals surface area contributed by atoms with Crippen LogP contribution >= 0.6 is 0 Å². The van der Waals surface area contributed by atoms with E-state index in [1.165, 1.54) is 17.7 Å². The van der Waals surface area contributed by atoms with Crippen LogP contribution in [-0.2, 0) is 6.54 Å². The fraction of sp³-hybridized carbons (Fsp3) is 0.240. The summed E-state index contributed by atoms with van der Waals surface area (Å²) in [5, 5.41) is 12.6. The molecule has 5 heteroatoms. The maximum absolute atomic E-state index is 14.1. The Balaban J connectivity index is 1.35. The van der Waals surface area contributed by atoms with Gasteiger partial charge >= 0.3 is 0 Å². The minimum Gasteiger partial charge on any atom is -0.314 e. The van der Waals surface area contributed by atoms with Gasteiger partial charge in [0.15, 0.2) is 0 Å². The van der Waals surface area contributed by atoms with Crippen molar-refractivity contribution in [2.24, 2.45) is 0 Å². The van der Waals surface area contributed by atoms with Gasteiger partial charge in [-0.2, -0.15) is 5.26 Å². The zero-order chi connectivity index (χ0) is 20.7. The van der Waals surface area contributed by atoms with Gasteiger partial charge < -0.3 is 5.32 Å². The van der Waals surface area contributed by atoms with Crippen molar-refractivity contribution < 1.29 is 8.78 Å². The highest BCUT2D eigenvalue weighted by Gasteiger charge is 2.51. The summed E-state index contributed by atoms with van der Waals surface area (Å²) in [5.74, 6) is -0.375. The first-order chi connectivity index (χ1) is 14.6. The van der Waals surface area contributed by atoms with E-state index >= 15 is 0 Å². The lowest BCUT2D eigenvalue weighted by molar-refractivity contribution is -0.0490. The van der Waals surface area contributed by atoms with Crippen LogP contribution in [0.5, 0.6) is 0 Å². The topological polar surface area (TPSA) is 39.1 Å². The molecular weight excluding hydrogens is 380 g/mol. The third kappa shape index (κ3) is 3.28. The van der Waals surface area contributed by atoms with Gasteiger partial charge in [0.25, 0.3) is 0 Å². The van der Waals surface area contributed by atoms with Crippen LogP contribution in [0.4, 0.5) is 8.78 Å². The Hall–Kier alpha value is -3.07. The van der Waals surface area contributed by atoms with Gasteiger partial charge in [-0.05, 0) is 47.0 Å². The molecule has 1 N–H and O–H groups in total. The monoisotopic (exact) mass is 401 g/mol. The minimum absolute atomic E-state index is 0.263. The first-order valence-corrected chi connectivity index (χ1v) is 10.1. The fourth-order valence-electron chi connectivity index (χ4n) is 4.89. The van der Waals surface area contributed by atoms with E-state index in [1.54, 1.807) is 6.07 Å². The highest BCUT2D eigenvalue weighted by molar-refractivity contribution is 5.65. The molecule has 2 saturated heterocycles. The van der Waals surface area contributed by atoms with Gasteiger partial charge in [-0.3, -0.25) is 4.90 Å².